The predicted molar refractivity (Wildman–Crippen MR) is 73.3 cm³/mol. The van der Waals surface area contributed by atoms with Gasteiger partial charge in [-0.05, 0) is 20.3 Å². The molecule has 1 rings (SSSR count). The summed E-state index contributed by atoms with van der Waals surface area (Å²) in [5.74, 6) is 0.727. The smallest absolute Gasteiger partial charge is 0.132 e. The molecule has 104 valence electrons. The van der Waals surface area contributed by atoms with E-state index in [-0.39, 0.29) is 24.9 Å². The summed E-state index contributed by atoms with van der Waals surface area (Å²) in [5.41, 5.74) is 0. The van der Waals surface area contributed by atoms with Gasteiger partial charge >= 0.3 is 0 Å². The molecule has 17 heavy (non-hydrogen) atoms. The van der Waals surface area contributed by atoms with Gasteiger partial charge in [0.2, 0.25) is 0 Å². The van der Waals surface area contributed by atoms with Gasteiger partial charge < -0.3 is 9.53 Å². The maximum absolute atomic E-state index is 10.1. The molecule has 3 nitrogen and oxygen atoms in total. The van der Waals surface area contributed by atoms with Crippen molar-refractivity contribution in [3.63, 3.8) is 0 Å². The van der Waals surface area contributed by atoms with Crippen LogP contribution in [0.3, 0.4) is 0 Å². The van der Waals surface area contributed by atoms with Crippen LogP contribution in [0.25, 0.3) is 0 Å². The lowest BCUT2D eigenvalue weighted by Gasteiger charge is -1.90. The number of ether oxygens (including phenoxy) is 1. The lowest BCUT2D eigenvalue weighted by molar-refractivity contribution is -0.119. The Kier molecular flexibility index (Phi) is 17.0. The summed E-state index contributed by atoms with van der Waals surface area (Å²) >= 11 is 0. The maximum atomic E-state index is 10.1. The molecule has 0 spiro atoms. The molecule has 0 N–H and O–H groups in total. The van der Waals surface area contributed by atoms with E-state index in [2.05, 4.69) is 6.92 Å². The molecule has 1 aliphatic heterocycles. The summed E-state index contributed by atoms with van der Waals surface area (Å²) in [6, 6.07) is 0. The van der Waals surface area contributed by atoms with Gasteiger partial charge in [-0.25, -0.2) is 0 Å². The Morgan fingerprint density at radius 2 is 1.53 bits per heavy atom. The van der Waals surface area contributed by atoms with Crippen molar-refractivity contribution in [2.75, 3.05) is 6.61 Å². The zero-order valence-corrected chi connectivity index (χ0v) is 11.5. The SMILES string of the molecule is C.CC(=O)C(C)C.CCC(C)=O.CCC1CO1. The van der Waals surface area contributed by atoms with Crippen LogP contribution in [0.15, 0.2) is 0 Å². The van der Waals surface area contributed by atoms with E-state index in [1.807, 2.05) is 20.8 Å². The molecule has 0 aromatic rings. The minimum absolute atomic E-state index is 0. The molecular weight excluding hydrogens is 216 g/mol. The zero-order chi connectivity index (χ0) is 13.1. The van der Waals surface area contributed by atoms with E-state index >= 15 is 0 Å². The molecule has 0 saturated carbocycles. The van der Waals surface area contributed by atoms with E-state index in [1.54, 1.807) is 13.8 Å². The first-order valence-corrected chi connectivity index (χ1v) is 5.96. The highest BCUT2D eigenvalue weighted by Crippen LogP contribution is 2.10. The second kappa shape index (κ2) is 13.4. The van der Waals surface area contributed by atoms with Crippen molar-refractivity contribution < 1.29 is 14.3 Å². The summed E-state index contributed by atoms with van der Waals surface area (Å²) < 4.78 is 4.86. The van der Waals surface area contributed by atoms with Gasteiger partial charge in [-0.1, -0.05) is 35.1 Å². The first kappa shape index (κ1) is 21.6. The van der Waals surface area contributed by atoms with E-state index in [4.69, 9.17) is 4.74 Å². The van der Waals surface area contributed by atoms with E-state index in [9.17, 15) is 9.59 Å². The molecule has 1 fully saturated rings. The van der Waals surface area contributed by atoms with E-state index in [0.29, 0.717) is 12.5 Å². The summed E-state index contributed by atoms with van der Waals surface area (Å²) in [4.78, 5) is 20.0. The molecule has 0 radical (unpaired) electrons. The molecule has 1 heterocycles. The fourth-order valence-electron chi connectivity index (χ4n) is 0.304. The summed E-state index contributed by atoms with van der Waals surface area (Å²) in [7, 11) is 0. The van der Waals surface area contributed by atoms with Gasteiger partial charge in [0.15, 0.2) is 0 Å². The van der Waals surface area contributed by atoms with Gasteiger partial charge in [0.25, 0.3) is 0 Å². The van der Waals surface area contributed by atoms with Crippen LogP contribution in [0.4, 0.5) is 0 Å². The van der Waals surface area contributed by atoms with Crippen molar-refractivity contribution in [1.82, 2.24) is 0 Å². The van der Waals surface area contributed by atoms with E-state index in [1.165, 1.54) is 6.42 Å². The number of hydrogen-bond donors (Lipinski definition) is 0. The van der Waals surface area contributed by atoms with Crippen molar-refractivity contribution >= 4 is 11.6 Å². The first-order chi connectivity index (χ1) is 7.34. The molecule has 0 aliphatic carbocycles. The van der Waals surface area contributed by atoms with Gasteiger partial charge in [-0.2, -0.15) is 0 Å². The molecule has 1 saturated heterocycles. The summed E-state index contributed by atoms with van der Waals surface area (Å²) in [6.07, 6.45) is 2.50. The maximum Gasteiger partial charge on any atom is 0.132 e. The molecule has 0 aromatic carbocycles. The third-order valence-corrected chi connectivity index (χ3v) is 2.17. The normalized spacial score (nSPS) is 15.6. The van der Waals surface area contributed by atoms with Crippen molar-refractivity contribution in [3.05, 3.63) is 0 Å². The third kappa shape index (κ3) is 25.5. The number of Topliss-reactive ketones (excluding diaryl/α,β-unsaturated/α-hetero) is 2. The second-order valence-corrected chi connectivity index (χ2v) is 4.18. The van der Waals surface area contributed by atoms with Crippen LogP contribution in [0.5, 0.6) is 0 Å². The Balaban J connectivity index is -0.000000169. The largest absolute Gasteiger partial charge is 0.373 e. The number of hydrogen-bond acceptors (Lipinski definition) is 3. The molecule has 0 amide bonds. The Morgan fingerprint density at radius 3 is 1.53 bits per heavy atom. The van der Waals surface area contributed by atoms with Crippen LogP contribution in [0.1, 0.15) is 61.8 Å². The number of carbonyl (C=O) groups excluding carboxylic acids is 2. The van der Waals surface area contributed by atoms with Crippen LogP contribution >= 0.6 is 0 Å². The van der Waals surface area contributed by atoms with Crippen molar-refractivity contribution in [3.8, 4) is 0 Å². The van der Waals surface area contributed by atoms with Crippen molar-refractivity contribution in [2.24, 2.45) is 5.92 Å². The van der Waals surface area contributed by atoms with E-state index in [0.717, 1.165) is 6.61 Å². The zero-order valence-electron chi connectivity index (χ0n) is 11.5. The Bertz CT molecular complexity index is 194. The van der Waals surface area contributed by atoms with Gasteiger partial charge in [-0.15, -0.1) is 0 Å². The predicted octanol–water partition coefficient (Wildman–Crippen LogP) is 3.65. The summed E-state index contributed by atoms with van der Waals surface area (Å²) in [5, 5.41) is 0. The van der Waals surface area contributed by atoms with Crippen molar-refractivity contribution in [2.45, 2.75) is 67.9 Å². The van der Waals surface area contributed by atoms with Crippen LogP contribution in [-0.2, 0) is 14.3 Å². The number of epoxide rings is 1. The Hall–Kier alpha value is -0.700. The third-order valence-electron chi connectivity index (χ3n) is 2.17. The number of carbonyl (C=O) groups is 2. The monoisotopic (exact) mass is 246 g/mol. The highest BCUT2D eigenvalue weighted by Gasteiger charge is 2.18. The lowest BCUT2D eigenvalue weighted by atomic mass is 10.1. The summed E-state index contributed by atoms with van der Waals surface area (Å²) in [6.45, 7) is 12.0. The standard InChI is InChI=1S/C5H10O.2C4H8O.CH4/c1-4(2)5(3)6;1-2-4-3-5-4;1-3-4(2)5;/h4H,1-3H3;4H,2-3H2,1H3;3H2,1-2H3;1H4. The van der Waals surface area contributed by atoms with Gasteiger partial charge in [-0.3, -0.25) is 4.79 Å². The minimum Gasteiger partial charge on any atom is -0.373 e. The minimum atomic E-state index is 0. The highest BCUT2D eigenvalue weighted by atomic mass is 16.6. The number of rotatable bonds is 3. The van der Waals surface area contributed by atoms with Gasteiger partial charge in [0, 0.05) is 12.3 Å². The molecule has 0 bridgehead atoms. The first-order valence-electron chi connectivity index (χ1n) is 5.96. The fraction of sp³-hybridized carbons (Fsp3) is 0.857. The van der Waals surface area contributed by atoms with Gasteiger partial charge in [0.05, 0.1) is 12.7 Å². The van der Waals surface area contributed by atoms with Crippen LogP contribution in [0.2, 0.25) is 0 Å². The average Bonchev–Trinajstić information content (AvgIpc) is 3.02. The fourth-order valence-corrected chi connectivity index (χ4v) is 0.304. The molecule has 1 aliphatic rings. The van der Waals surface area contributed by atoms with Crippen molar-refractivity contribution in [1.29, 1.82) is 0 Å². The Morgan fingerprint density at radius 1 is 1.24 bits per heavy atom. The van der Waals surface area contributed by atoms with Gasteiger partial charge in [0.1, 0.15) is 11.6 Å². The van der Waals surface area contributed by atoms with Crippen LogP contribution < -0.4 is 0 Å². The highest BCUT2D eigenvalue weighted by molar-refractivity contribution is 5.77. The van der Waals surface area contributed by atoms with E-state index < -0.39 is 0 Å². The quantitative estimate of drug-likeness (QED) is 0.714. The second-order valence-electron chi connectivity index (χ2n) is 4.18. The lowest BCUT2D eigenvalue weighted by Crippen LogP contribution is -1.98. The number of ketones is 2. The molecule has 1 atom stereocenters. The Labute approximate surface area is 107 Å². The van der Waals surface area contributed by atoms with Crippen LogP contribution in [-0.4, -0.2) is 24.3 Å². The topological polar surface area (TPSA) is 46.7 Å². The average molecular weight is 246 g/mol. The molecule has 3 heteroatoms. The molecule has 0 aromatic heterocycles. The molecular formula is C14H30O3. The van der Waals surface area contributed by atoms with Crippen LogP contribution in [0, 0.1) is 5.92 Å². The molecule has 1 unspecified atom stereocenters.